The van der Waals surface area contributed by atoms with Gasteiger partial charge in [-0.05, 0) is 23.8 Å². The average Bonchev–Trinajstić information content (AvgIpc) is 3.08. The first-order valence-corrected chi connectivity index (χ1v) is 8.16. The topological polar surface area (TPSA) is 90.0 Å². The molecule has 6 nitrogen and oxygen atoms in total. The molecule has 1 unspecified atom stereocenters. The molecule has 0 aliphatic carbocycles. The first-order valence-electron chi connectivity index (χ1n) is 8.16. The van der Waals surface area contributed by atoms with Crippen molar-refractivity contribution in [2.45, 2.75) is 19.9 Å². The Morgan fingerprint density at radius 3 is 2.72 bits per heavy atom. The van der Waals surface area contributed by atoms with Crippen LogP contribution in [0.5, 0.6) is 0 Å². The van der Waals surface area contributed by atoms with Gasteiger partial charge in [-0.1, -0.05) is 44.2 Å². The Labute approximate surface area is 146 Å². The minimum Gasteiger partial charge on any atom is -0.396 e. The number of urea groups is 1. The lowest BCUT2D eigenvalue weighted by molar-refractivity contribution is 0.119. The van der Waals surface area contributed by atoms with E-state index in [9.17, 15) is 9.90 Å². The molecule has 2 aromatic carbocycles. The van der Waals surface area contributed by atoms with Crippen molar-refractivity contribution in [3.05, 3.63) is 60.3 Å². The molecule has 0 saturated carbocycles. The SMILES string of the molecule is CC(C)(CO)C(NC(=O)Nc1ccc2[nH]ncc2c1)c1ccccc1. The highest BCUT2D eigenvalue weighted by molar-refractivity contribution is 5.92. The number of hydrogen-bond donors (Lipinski definition) is 4. The molecule has 1 atom stereocenters. The lowest BCUT2D eigenvalue weighted by Crippen LogP contribution is -2.41. The number of fused-ring (bicyclic) bond motifs is 1. The number of aliphatic hydroxyl groups excluding tert-OH is 1. The molecule has 0 aliphatic heterocycles. The van der Waals surface area contributed by atoms with Crippen LogP contribution in [0.15, 0.2) is 54.7 Å². The molecule has 0 saturated heterocycles. The van der Waals surface area contributed by atoms with Crippen LogP contribution >= 0.6 is 0 Å². The summed E-state index contributed by atoms with van der Waals surface area (Å²) in [5.41, 5.74) is 2.03. The summed E-state index contributed by atoms with van der Waals surface area (Å²) < 4.78 is 0. The molecule has 6 heteroatoms. The molecule has 25 heavy (non-hydrogen) atoms. The van der Waals surface area contributed by atoms with E-state index in [4.69, 9.17) is 0 Å². The van der Waals surface area contributed by atoms with Crippen molar-refractivity contribution in [3.63, 3.8) is 0 Å². The predicted octanol–water partition coefficient (Wildman–Crippen LogP) is 3.44. The van der Waals surface area contributed by atoms with E-state index in [1.807, 2.05) is 62.4 Å². The van der Waals surface area contributed by atoms with Crippen molar-refractivity contribution >= 4 is 22.6 Å². The van der Waals surface area contributed by atoms with Gasteiger partial charge in [-0.3, -0.25) is 5.10 Å². The summed E-state index contributed by atoms with van der Waals surface area (Å²) in [6.45, 7) is 3.79. The first kappa shape index (κ1) is 17.0. The van der Waals surface area contributed by atoms with Gasteiger partial charge in [-0.2, -0.15) is 5.10 Å². The van der Waals surface area contributed by atoms with E-state index in [-0.39, 0.29) is 18.7 Å². The number of aliphatic hydroxyl groups is 1. The molecule has 0 radical (unpaired) electrons. The maximum atomic E-state index is 12.5. The van der Waals surface area contributed by atoms with Gasteiger partial charge >= 0.3 is 6.03 Å². The molecular weight excluding hydrogens is 316 g/mol. The highest BCUT2D eigenvalue weighted by Gasteiger charge is 2.31. The van der Waals surface area contributed by atoms with Crippen LogP contribution in [-0.4, -0.2) is 27.9 Å². The number of rotatable bonds is 5. The number of carbonyl (C=O) groups excluding carboxylic acids is 1. The van der Waals surface area contributed by atoms with Gasteiger partial charge in [0.1, 0.15) is 0 Å². The Kier molecular flexibility index (Phi) is 4.72. The van der Waals surface area contributed by atoms with Gasteiger partial charge in [0, 0.05) is 16.5 Å². The molecule has 1 aromatic heterocycles. The Hall–Kier alpha value is -2.86. The highest BCUT2D eigenvalue weighted by atomic mass is 16.3. The molecule has 0 bridgehead atoms. The van der Waals surface area contributed by atoms with Crippen LogP contribution in [0.25, 0.3) is 10.9 Å². The lowest BCUT2D eigenvalue weighted by atomic mass is 9.81. The number of hydrogen-bond acceptors (Lipinski definition) is 3. The third-order valence-electron chi connectivity index (χ3n) is 4.30. The number of H-pyrrole nitrogens is 1. The minimum atomic E-state index is -0.507. The zero-order valence-electron chi connectivity index (χ0n) is 14.3. The number of anilines is 1. The van der Waals surface area contributed by atoms with E-state index in [2.05, 4.69) is 20.8 Å². The molecule has 130 valence electrons. The van der Waals surface area contributed by atoms with Gasteiger partial charge in [-0.25, -0.2) is 4.79 Å². The predicted molar refractivity (Wildman–Crippen MR) is 98.3 cm³/mol. The zero-order chi connectivity index (χ0) is 17.9. The number of amides is 2. The van der Waals surface area contributed by atoms with Crippen molar-refractivity contribution in [3.8, 4) is 0 Å². The summed E-state index contributed by atoms with van der Waals surface area (Å²) in [5.74, 6) is 0. The van der Waals surface area contributed by atoms with Crippen molar-refractivity contribution in [2.75, 3.05) is 11.9 Å². The standard InChI is InChI=1S/C19H22N4O2/c1-19(2,12-24)17(13-6-4-3-5-7-13)22-18(25)21-15-8-9-16-14(10-15)11-20-23-16/h3-11,17,24H,12H2,1-2H3,(H,20,23)(H2,21,22,25). The van der Waals surface area contributed by atoms with E-state index in [1.54, 1.807) is 6.20 Å². The maximum absolute atomic E-state index is 12.5. The summed E-state index contributed by atoms with van der Waals surface area (Å²) in [4.78, 5) is 12.5. The van der Waals surface area contributed by atoms with Crippen molar-refractivity contribution in [1.29, 1.82) is 0 Å². The Balaban J connectivity index is 1.77. The fourth-order valence-electron chi connectivity index (χ4n) is 2.79. The van der Waals surface area contributed by atoms with E-state index in [0.717, 1.165) is 16.5 Å². The van der Waals surface area contributed by atoms with Gasteiger partial charge in [-0.15, -0.1) is 0 Å². The molecule has 4 N–H and O–H groups in total. The summed E-state index contributed by atoms with van der Waals surface area (Å²) in [5, 5.41) is 23.3. The van der Waals surface area contributed by atoms with Crippen LogP contribution in [0.4, 0.5) is 10.5 Å². The Morgan fingerprint density at radius 1 is 1.24 bits per heavy atom. The van der Waals surface area contributed by atoms with Crippen molar-refractivity contribution in [1.82, 2.24) is 15.5 Å². The van der Waals surface area contributed by atoms with Crippen molar-refractivity contribution < 1.29 is 9.90 Å². The van der Waals surface area contributed by atoms with Gasteiger partial charge < -0.3 is 15.7 Å². The maximum Gasteiger partial charge on any atom is 0.319 e. The second-order valence-electron chi connectivity index (χ2n) is 6.76. The third-order valence-corrected chi connectivity index (χ3v) is 4.30. The van der Waals surface area contributed by atoms with E-state index < -0.39 is 5.41 Å². The van der Waals surface area contributed by atoms with Gasteiger partial charge in [0.15, 0.2) is 0 Å². The first-order chi connectivity index (χ1) is 12.0. The second kappa shape index (κ2) is 6.94. The Morgan fingerprint density at radius 2 is 2.00 bits per heavy atom. The molecular formula is C19H22N4O2. The second-order valence-corrected chi connectivity index (χ2v) is 6.76. The van der Waals surface area contributed by atoms with Crippen molar-refractivity contribution in [2.24, 2.45) is 5.41 Å². The molecule has 3 aromatic rings. The monoisotopic (exact) mass is 338 g/mol. The minimum absolute atomic E-state index is 0.0478. The lowest BCUT2D eigenvalue weighted by Gasteiger charge is -2.33. The van der Waals surface area contributed by atoms with Crippen LogP contribution in [-0.2, 0) is 0 Å². The highest BCUT2D eigenvalue weighted by Crippen LogP contribution is 2.33. The van der Waals surface area contributed by atoms with Gasteiger partial charge in [0.05, 0.1) is 24.4 Å². The number of aromatic nitrogens is 2. The zero-order valence-corrected chi connectivity index (χ0v) is 14.3. The molecule has 0 aliphatic rings. The summed E-state index contributed by atoms with van der Waals surface area (Å²) in [6.07, 6.45) is 1.71. The Bertz CT molecular complexity index is 858. The number of benzene rings is 2. The average molecular weight is 338 g/mol. The van der Waals surface area contributed by atoms with Crippen LogP contribution in [0, 0.1) is 5.41 Å². The summed E-state index contributed by atoms with van der Waals surface area (Å²) >= 11 is 0. The van der Waals surface area contributed by atoms with Crippen LogP contribution in [0.3, 0.4) is 0 Å². The smallest absolute Gasteiger partial charge is 0.319 e. The van der Waals surface area contributed by atoms with Crippen LogP contribution < -0.4 is 10.6 Å². The fraction of sp³-hybridized carbons (Fsp3) is 0.263. The largest absolute Gasteiger partial charge is 0.396 e. The third kappa shape index (κ3) is 3.80. The normalized spacial score (nSPS) is 12.8. The molecule has 2 amide bonds. The number of nitrogens with zero attached hydrogens (tertiary/aromatic N) is 1. The molecule has 1 heterocycles. The number of nitrogens with one attached hydrogen (secondary N) is 3. The van der Waals surface area contributed by atoms with Crippen LogP contribution in [0.2, 0.25) is 0 Å². The fourth-order valence-corrected chi connectivity index (χ4v) is 2.79. The number of aromatic amines is 1. The summed E-state index contributed by atoms with van der Waals surface area (Å²) in [6, 6.07) is 14.5. The van der Waals surface area contributed by atoms with Gasteiger partial charge in [0.25, 0.3) is 0 Å². The quantitative estimate of drug-likeness (QED) is 0.574. The molecule has 3 rings (SSSR count). The molecule has 0 spiro atoms. The number of carbonyl (C=O) groups is 1. The van der Waals surface area contributed by atoms with E-state index in [1.165, 1.54) is 0 Å². The van der Waals surface area contributed by atoms with E-state index >= 15 is 0 Å². The van der Waals surface area contributed by atoms with E-state index in [0.29, 0.717) is 5.69 Å². The van der Waals surface area contributed by atoms with Gasteiger partial charge in [0.2, 0.25) is 0 Å². The molecule has 0 fully saturated rings. The summed E-state index contributed by atoms with van der Waals surface area (Å²) in [7, 11) is 0. The van der Waals surface area contributed by atoms with Crippen LogP contribution in [0.1, 0.15) is 25.5 Å².